The van der Waals surface area contributed by atoms with Crippen LogP contribution in [-0.4, -0.2) is 57.9 Å². The minimum absolute atomic E-state index is 0.140. The van der Waals surface area contributed by atoms with Gasteiger partial charge in [-0.2, -0.15) is 0 Å². The molecule has 8 heteroatoms. The van der Waals surface area contributed by atoms with Crippen molar-refractivity contribution in [2.24, 2.45) is 0 Å². The summed E-state index contributed by atoms with van der Waals surface area (Å²) in [5.74, 6) is 0.763. The maximum absolute atomic E-state index is 13.1. The third kappa shape index (κ3) is 3.90. The Morgan fingerprint density at radius 3 is 2.62 bits per heavy atom. The molecule has 0 atom stereocenters. The van der Waals surface area contributed by atoms with E-state index in [4.69, 9.17) is 18.6 Å². The lowest BCUT2D eigenvalue weighted by Crippen LogP contribution is -2.41. The third-order valence-corrected chi connectivity index (χ3v) is 4.92. The van der Waals surface area contributed by atoms with Crippen LogP contribution in [0.3, 0.4) is 0 Å². The zero-order chi connectivity index (χ0) is 20.4. The second-order valence-corrected chi connectivity index (χ2v) is 6.78. The summed E-state index contributed by atoms with van der Waals surface area (Å²) in [6.45, 7) is 2.99. The van der Waals surface area contributed by atoms with E-state index in [1.165, 1.54) is 14.2 Å². The van der Waals surface area contributed by atoms with Crippen LogP contribution in [0.25, 0.3) is 21.9 Å². The lowest BCUT2D eigenvalue weighted by atomic mass is 10.1. The van der Waals surface area contributed by atoms with Gasteiger partial charge in [0.1, 0.15) is 28.1 Å². The Bertz CT molecular complexity index is 1120. The van der Waals surface area contributed by atoms with Crippen LogP contribution < -0.4 is 20.2 Å². The molecule has 152 valence electrons. The Morgan fingerprint density at radius 2 is 1.90 bits per heavy atom. The molecule has 1 saturated heterocycles. The topological polar surface area (TPSA) is 90.2 Å². The number of benzene rings is 2. The van der Waals surface area contributed by atoms with E-state index in [2.05, 4.69) is 5.32 Å². The van der Waals surface area contributed by atoms with E-state index in [1.54, 1.807) is 30.3 Å². The number of ether oxygens (including phenoxy) is 3. The summed E-state index contributed by atoms with van der Waals surface area (Å²) in [6.07, 6.45) is 0. The molecule has 3 aromatic rings. The molecule has 1 N–H and O–H groups in total. The van der Waals surface area contributed by atoms with Crippen molar-refractivity contribution in [1.82, 2.24) is 4.90 Å². The van der Waals surface area contributed by atoms with Crippen molar-refractivity contribution in [2.75, 3.05) is 52.4 Å². The van der Waals surface area contributed by atoms with Crippen molar-refractivity contribution in [2.45, 2.75) is 0 Å². The predicted octanol–water partition coefficient (Wildman–Crippen LogP) is 2.23. The van der Waals surface area contributed by atoms with Gasteiger partial charge in [0.05, 0.1) is 39.4 Å². The maximum atomic E-state index is 13.1. The van der Waals surface area contributed by atoms with Crippen LogP contribution >= 0.6 is 0 Å². The number of methoxy groups -OCH3 is 2. The normalized spacial score (nSPS) is 14.8. The highest BCUT2D eigenvalue weighted by Crippen LogP contribution is 2.31. The molecule has 1 aliphatic rings. The Hall–Kier alpha value is -3.10. The number of morpholine rings is 1. The summed E-state index contributed by atoms with van der Waals surface area (Å²) >= 11 is 0. The average molecular weight is 398 g/mol. The zero-order valence-electron chi connectivity index (χ0n) is 16.3. The highest BCUT2D eigenvalue weighted by Gasteiger charge is 2.17. The molecule has 0 unspecified atom stereocenters. The van der Waals surface area contributed by atoms with Crippen molar-refractivity contribution in [1.29, 1.82) is 0 Å². The number of anilines is 1. The summed E-state index contributed by atoms with van der Waals surface area (Å²) in [7, 11) is 3.02. The second kappa shape index (κ2) is 8.10. The second-order valence-electron chi connectivity index (χ2n) is 6.78. The molecule has 29 heavy (non-hydrogen) atoms. The molecule has 0 radical (unpaired) electrons. The van der Waals surface area contributed by atoms with E-state index in [1.807, 2.05) is 4.90 Å². The molecule has 2 aromatic carbocycles. The summed E-state index contributed by atoms with van der Waals surface area (Å²) in [5, 5.41) is 3.55. The minimum atomic E-state index is -0.231. The van der Waals surface area contributed by atoms with Crippen LogP contribution in [0.4, 0.5) is 5.69 Å². The molecule has 1 fully saturated rings. The predicted molar refractivity (Wildman–Crippen MR) is 109 cm³/mol. The number of fused-ring (bicyclic) bond motifs is 2. The minimum Gasteiger partial charge on any atom is -0.496 e. The molecule has 1 amide bonds. The number of carbonyl (C=O) groups is 1. The van der Waals surface area contributed by atoms with Gasteiger partial charge in [-0.1, -0.05) is 0 Å². The van der Waals surface area contributed by atoms with Gasteiger partial charge in [0.2, 0.25) is 11.3 Å². The fraction of sp³-hybridized carbons (Fsp3) is 0.333. The number of carbonyl (C=O) groups excluding carboxylic acids is 1. The molecular formula is C21H22N2O6. The highest BCUT2D eigenvalue weighted by molar-refractivity contribution is 5.98. The van der Waals surface area contributed by atoms with Crippen LogP contribution in [0.1, 0.15) is 0 Å². The van der Waals surface area contributed by atoms with Crippen LogP contribution in [0.5, 0.6) is 11.5 Å². The van der Waals surface area contributed by atoms with Crippen molar-refractivity contribution >= 4 is 33.5 Å². The fourth-order valence-corrected chi connectivity index (χ4v) is 3.44. The first-order valence-corrected chi connectivity index (χ1v) is 9.31. The molecule has 0 saturated carbocycles. The molecule has 1 aromatic heterocycles. The lowest BCUT2D eigenvalue weighted by Gasteiger charge is -2.25. The van der Waals surface area contributed by atoms with E-state index in [0.29, 0.717) is 52.3 Å². The van der Waals surface area contributed by atoms with Crippen LogP contribution in [0, 0.1) is 0 Å². The van der Waals surface area contributed by atoms with Gasteiger partial charge < -0.3 is 23.9 Å². The van der Waals surface area contributed by atoms with Crippen LogP contribution in [-0.2, 0) is 9.53 Å². The van der Waals surface area contributed by atoms with Gasteiger partial charge in [-0.05, 0) is 18.2 Å². The summed E-state index contributed by atoms with van der Waals surface area (Å²) in [6, 6.07) is 8.30. The van der Waals surface area contributed by atoms with E-state index in [-0.39, 0.29) is 17.9 Å². The van der Waals surface area contributed by atoms with E-state index < -0.39 is 0 Å². The Labute approximate surface area is 166 Å². The molecule has 0 spiro atoms. The van der Waals surface area contributed by atoms with Gasteiger partial charge in [0, 0.05) is 30.9 Å². The standard InChI is InChI=1S/C21H22N2O6/c1-26-14-10-17(27-2)20-18(11-14)29-16-4-3-13(9-15(16)21(20)25)22-19(24)12-23-5-7-28-8-6-23/h3-4,9-11H,5-8,12H2,1-2H3,(H,22,24). The van der Waals surface area contributed by atoms with E-state index >= 15 is 0 Å². The van der Waals surface area contributed by atoms with Crippen LogP contribution in [0.2, 0.25) is 0 Å². The molecule has 4 rings (SSSR count). The Kier molecular flexibility index (Phi) is 5.37. The van der Waals surface area contributed by atoms with Crippen molar-refractivity contribution in [3.63, 3.8) is 0 Å². The average Bonchev–Trinajstić information content (AvgIpc) is 2.74. The molecule has 8 nitrogen and oxygen atoms in total. The largest absolute Gasteiger partial charge is 0.496 e. The molecule has 0 bridgehead atoms. The molecule has 1 aliphatic heterocycles. The number of rotatable bonds is 5. The van der Waals surface area contributed by atoms with Crippen molar-refractivity contribution < 1.29 is 23.4 Å². The van der Waals surface area contributed by atoms with Gasteiger partial charge in [-0.25, -0.2) is 0 Å². The first-order valence-electron chi connectivity index (χ1n) is 9.31. The van der Waals surface area contributed by atoms with Gasteiger partial charge in [-0.3, -0.25) is 14.5 Å². The first kappa shape index (κ1) is 19.2. The molecule has 2 heterocycles. The Morgan fingerprint density at radius 1 is 1.10 bits per heavy atom. The summed E-state index contributed by atoms with van der Waals surface area (Å²) in [4.78, 5) is 27.5. The number of amides is 1. The highest BCUT2D eigenvalue weighted by atomic mass is 16.5. The number of hydrogen-bond donors (Lipinski definition) is 1. The monoisotopic (exact) mass is 398 g/mol. The molecular weight excluding hydrogens is 376 g/mol. The van der Waals surface area contributed by atoms with Gasteiger partial charge in [0.15, 0.2) is 0 Å². The summed E-state index contributed by atoms with van der Waals surface area (Å²) < 4.78 is 21.8. The quantitative estimate of drug-likeness (QED) is 0.659. The number of nitrogens with one attached hydrogen (secondary N) is 1. The molecule has 0 aliphatic carbocycles. The smallest absolute Gasteiger partial charge is 0.238 e. The SMILES string of the molecule is COc1cc(OC)c2c(=O)c3cc(NC(=O)CN4CCOCC4)ccc3oc2c1. The van der Waals surface area contributed by atoms with E-state index in [0.717, 1.165) is 13.1 Å². The zero-order valence-corrected chi connectivity index (χ0v) is 16.3. The lowest BCUT2D eigenvalue weighted by molar-refractivity contribution is -0.118. The van der Waals surface area contributed by atoms with Crippen LogP contribution in [0.15, 0.2) is 39.5 Å². The summed E-state index contributed by atoms with van der Waals surface area (Å²) in [5.41, 5.74) is 1.10. The van der Waals surface area contributed by atoms with E-state index in [9.17, 15) is 9.59 Å². The van der Waals surface area contributed by atoms with Crippen molar-refractivity contribution in [3.05, 3.63) is 40.6 Å². The number of nitrogens with zero attached hydrogens (tertiary/aromatic N) is 1. The number of hydrogen-bond acceptors (Lipinski definition) is 7. The first-order chi connectivity index (χ1) is 14.1. The third-order valence-electron chi connectivity index (χ3n) is 4.92. The maximum Gasteiger partial charge on any atom is 0.238 e. The Balaban J connectivity index is 1.68. The van der Waals surface area contributed by atoms with Crippen molar-refractivity contribution in [3.8, 4) is 11.5 Å². The van der Waals surface area contributed by atoms with Gasteiger partial charge in [0.25, 0.3) is 0 Å². The fourth-order valence-electron chi connectivity index (χ4n) is 3.44. The van der Waals surface area contributed by atoms with Gasteiger partial charge in [-0.15, -0.1) is 0 Å². The van der Waals surface area contributed by atoms with Gasteiger partial charge >= 0.3 is 0 Å².